The van der Waals surface area contributed by atoms with Crippen LogP contribution in [0.25, 0.3) is 0 Å². The molecular formula is C14H19BrN2O2S. The van der Waals surface area contributed by atoms with Gasteiger partial charge in [-0.2, -0.15) is 0 Å². The first kappa shape index (κ1) is 15.5. The molecule has 110 valence electrons. The van der Waals surface area contributed by atoms with Crippen LogP contribution in [0.3, 0.4) is 0 Å². The van der Waals surface area contributed by atoms with Crippen LogP contribution in [0, 0.1) is 0 Å². The first-order valence-corrected chi connectivity index (χ1v) is 8.40. The summed E-state index contributed by atoms with van der Waals surface area (Å²) in [6.45, 7) is 4.91. The van der Waals surface area contributed by atoms with Crippen molar-refractivity contribution in [2.24, 2.45) is 0 Å². The fourth-order valence-electron chi connectivity index (χ4n) is 2.29. The number of hydrogen-bond acceptors (Lipinski definition) is 3. The van der Waals surface area contributed by atoms with Crippen molar-refractivity contribution < 1.29 is 9.59 Å². The van der Waals surface area contributed by atoms with Crippen molar-refractivity contribution in [1.29, 1.82) is 0 Å². The SMILES string of the molecule is CCC1(C)NC(=O)CCN(CCc2ccc(Br)s2)C1=O. The molecule has 1 saturated heterocycles. The highest BCUT2D eigenvalue weighted by Crippen LogP contribution is 2.23. The largest absolute Gasteiger partial charge is 0.342 e. The number of nitrogens with one attached hydrogen (secondary N) is 1. The third-order valence-corrected chi connectivity index (χ3v) is 5.43. The predicted octanol–water partition coefficient (Wildman–Crippen LogP) is 2.57. The van der Waals surface area contributed by atoms with Gasteiger partial charge < -0.3 is 10.2 Å². The van der Waals surface area contributed by atoms with Crippen molar-refractivity contribution in [3.63, 3.8) is 0 Å². The van der Waals surface area contributed by atoms with E-state index in [1.165, 1.54) is 4.88 Å². The van der Waals surface area contributed by atoms with Gasteiger partial charge in [0, 0.05) is 24.4 Å². The highest BCUT2D eigenvalue weighted by atomic mass is 79.9. The molecule has 0 radical (unpaired) electrons. The maximum Gasteiger partial charge on any atom is 0.248 e. The predicted molar refractivity (Wildman–Crippen MR) is 83.8 cm³/mol. The minimum atomic E-state index is -0.760. The van der Waals surface area contributed by atoms with Crippen molar-refractivity contribution >= 4 is 39.1 Å². The van der Waals surface area contributed by atoms with Crippen LogP contribution in [-0.4, -0.2) is 35.3 Å². The summed E-state index contributed by atoms with van der Waals surface area (Å²) >= 11 is 5.13. The van der Waals surface area contributed by atoms with Crippen molar-refractivity contribution in [3.05, 3.63) is 20.8 Å². The Labute approximate surface area is 131 Å². The molecule has 6 heteroatoms. The molecule has 20 heavy (non-hydrogen) atoms. The molecule has 2 rings (SSSR count). The third kappa shape index (κ3) is 3.41. The van der Waals surface area contributed by atoms with Crippen LogP contribution in [0.15, 0.2) is 15.9 Å². The molecule has 2 heterocycles. The Kier molecular flexibility index (Phi) is 4.86. The molecule has 0 bridgehead atoms. The number of rotatable bonds is 4. The van der Waals surface area contributed by atoms with Gasteiger partial charge in [-0.05, 0) is 47.8 Å². The van der Waals surface area contributed by atoms with E-state index in [2.05, 4.69) is 27.3 Å². The Bertz CT molecular complexity index is 517. The van der Waals surface area contributed by atoms with Crippen LogP contribution in [-0.2, 0) is 16.0 Å². The minimum absolute atomic E-state index is 0.0291. The summed E-state index contributed by atoms with van der Waals surface area (Å²) in [5.74, 6) is -0.00876. The van der Waals surface area contributed by atoms with Gasteiger partial charge in [-0.3, -0.25) is 9.59 Å². The summed E-state index contributed by atoms with van der Waals surface area (Å²) in [5.41, 5.74) is -0.760. The standard InChI is InChI=1S/C14H19BrN2O2S/c1-3-14(2)13(19)17(9-7-12(18)16-14)8-6-10-4-5-11(15)20-10/h4-5H,3,6-9H2,1-2H3,(H,16,18). The lowest BCUT2D eigenvalue weighted by molar-refractivity contribution is -0.138. The number of hydrogen-bond donors (Lipinski definition) is 1. The number of thiophene rings is 1. The van der Waals surface area contributed by atoms with Crippen molar-refractivity contribution in [2.75, 3.05) is 13.1 Å². The van der Waals surface area contributed by atoms with E-state index in [-0.39, 0.29) is 11.8 Å². The normalized spacial score (nSPS) is 23.6. The molecule has 1 N–H and O–H groups in total. The second kappa shape index (κ2) is 6.26. The van der Waals surface area contributed by atoms with Crippen LogP contribution in [0.1, 0.15) is 31.6 Å². The van der Waals surface area contributed by atoms with Gasteiger partial charge >= 0.3 is 0 Å². The van der Waals surface area contributed by atoms with Gasteiger partial charge in [-0.15, -0.1) is 11.3 Å². The molecule has 1 fully saturated rings. The van der Waals surface area contributed by atoms with E-state index in [1.54, 1.807) is 11.3 Å². The average Bonchev–Trinajstić information content (AvgIpc) is 2.79. The van der Waals surface area contributed by atoms with E-state index in [9.17, 15) is 9.59 Å². The van der Waals surface area contributed by atoms with Crippen molar-refractivity contribution in [2.45, 2.75) is 38.6 Å². The zero-order valence-corrected chi connectivity index (χ0v) is 14.1. The molecule has 0 aliphatic carbocycles. The fourth-order valence-corrected chi connectivity index (χ4v) is 3.77. The average molecular weight is 359 g/mol. The Morgan fingerprint density at radius 3 is 2.80 bits per heavy atom. The molecular weight excluding hydrogens is 340 g/mol. The second-order valence-corrected chi connectivity index (χ2v) is 7.78. The Morgan fingerprint density at radius 2 is 2.20 bits per heavy atom. The lowest BCUT2D eigenvalue weighted by Crippen LogP contribution is -2.54. The molecule has 2 amide bonds. The second-order valence-electron chi connectivity index (χ2n) is 5.23. The van der Waals surface area contributed by atoms with Gasteiger partial charge in [0.2, 0.25) is 11.8 Å². The van der Waals surface area contributed by atoms with Crippen LogP contribution in [0.2, 0.25) is 0 Å². The molecule has 1 aromatic rings. The van der Waals surface area contributed by atoms with E-state index in [0.717, 1.165) is 10.2 Å². The molecule has 0 spiro atoms. The fraction of sp³-hybridized carbons (Fsp3) is 0.571. The molecule has 0 saturated carbocycles. The van der Waals surface area contributed by atoms with Gasteiger partial charge in [-0.25, -0.2) is 0 Å². The quantitative estimate of drug-likeness (QED) is 0.898. The first-order valence-electron chi connectivity index (χ1n) is 6.79. The Hall–Kier alpha value is -0.880. The summed E-state index contributed by atoms with van der Waals surface area (Å²) < 4.78 is 1.10. The molecule has 1 aliphatic heterocycles. The molecule has 1 aliphatic rings. The van der Waals surface area contributed by atoms with E-state index in [1.807, 2.05) is 24.8 Å². The summed E-state index contributed by atoms with van der Waals surface area (Å²) in [4.78, 5) is 27.4. The van der Waals surface area contributed by atoms with Gasteiger partial charge in [0.15, 0.2) is 0 Å². The lowest BCUT2D eigenvalue weighted by Gasteiger charge is -2.31. The molecule has 1 atom stereocenters. The van der Waals surface area contributed by atoms with Gasteiger partial charge in [0.1, 0.15) is 5.54 Å². The Morgan fingerprint density at radius 1 is 1.45 bits per heavy atom. The number of amides is 2. The van der Waals surface area contributed by atoms with E-state index in [0.29, 0.717) is 25.9 Å². The van der Waals surface area contributed by atoms with Crippen LogP contribution in [0.4, 0.5) is 0 Å². The summed E-state index contributed by atoms with van der Waals surface area (Å²) in [6, 6.07) is 4.09. The molecule has 1 unspecified atom stereocenters. The highest BCUT2D eigenvalue weighted by molar-refractivity contribution is 9.11. The van der Waals surface area contributed by atoms with E-state index in [4.69, 9.17) is 0 Å². The van der Waals surface area contributed by atoms with Crippen molar-refractivity contribution in [1.82, 2.24) is 10.2 Å². The van der Waals surface area contributed by atoms with Crippen LogP contribution in [0.5, 0.6) is 0 Å². The topological polar surface area (TPSA) is 49.4 Å². The summed E-state index contributed by atoms with van der Waals surface area (Å²) in [5, 5.41) is 2.85. The van der Waals surface area contributed by atoms with Crippen LogP contribution < -0.4 is 5.32 Å². The first-order chi connectivity index (χ1) is 9.44. The van der Waals surface area contributed by atoms with E-state index >= 15 is 0 Å². The van der Waals surface area contributed by atoms with Gasteiger partial charge in [0.05, 0.1) is 3.79 Å². The smallest absolute Gasteiger partial charge is 0.248 e. The summed E-state index contributed by atoms with van der Waals surface area (Å²) in [7, 11) is 0. The van der Waals surface area contributed by atoms with Gasteiger partial charge in [-0.1, -0.05) is 6.92 Å². The maximum absolute atomic E-state index is 12.6. The number of carbonyl (C=O) groups is 2. The number of carbonyl (C=O) groups excluding carboxylic acids is 2. The van der Waals surface area contributed by atoms with E-state index < -0.39 is 5.54 Å². The molecule has 4 nitrogen and oxygen atoms in total. The van der Waals surface area contributed by atoms with Gasteiger partial charge in [0.25, 0.3) is 0 Å². The number of nitrogens with zero attached hydrogens (tertiary/aromatic N) is 1. The zero-order chi connectivity index (χ0) is 14.8. The van der Waals surface area contributed by atoms with Crippen LogP contribution >= 0.6 is 27.3 Å². The third-order valence-electron chi connectivity index (χ3n) is 3.75. The maximum atomic E-state index is 12.6. The highest BCUT2D eigenvalue weighted by Gasteiger charge is 2.38. The molecule has 1 aromatic heterocycles. The minimum Gasteiger partial charge on any atom is -0.342 e. The Balaban J connectivity index is 2.06. The lowest BCUT2D eigenvalue weighted by atomic mass is 9.97. The molecule has 0 aromatic carbocycles. The number of halogens is 1. The monoisotopic (exact) mass is 358 g/mol. The summed E-state index contributed by atoms with van der Waals surface area (Å²) in [6.07, 6.45) is 1.82. The zero-order valence-electron chi connectivity index (χ0n) is 11.7. The van der Waals surface area contributed by atoms with Crippen molar-refractivity contribution in [3.8, 4) is 0 Å².